The van der Waals surface area contributed by atoms with E-state index in [-0.39, 0.29) is 12.1 Å². The molecule has 26 heavy (non-hydrogen) atoms. The van der Waals surface area contributed by atoms with E-state index in [4.69, 9.17) is 18.9 Å². The number of hydrogen-bond donors (Lipinski definition) is 2. The lowest BCUT2D eigenvalue weighted by molar-refractivity contribution is 0.0347. The first kappa shape index (κ1) is 18.9. The van der Waals surface area contributed by atoms with Gasteiger partial charge in [-0.15, -0.1) is 11.3 Å². The smallest absolute Gasteiger partial charge is 0.191 e. The van der Waals surface area contributed by atoms with Crippen molar-refractivity contribution >= 4 is 17.3 Å². The van der Waals surface area contributed by atoms with E-state index in [1.54, 1.807) is 17.6 Å². The Kier molecular flexibility index (Phi) is 7.54. The molecule has 2 aromatic rings. The monoisotopic (exact) mass is 377 g/mol. The topological polar surface area (TPSA) is 68.0 Å². The van der Waals surface area contributed by atoms with Crippen molar-refractivity contribution < 1.29 is 13.9 Å². The molecule has 0 radical (unpaired) electrons. The maximum absolute atomic E-state index is 5.90. The number of aliphatic imine (C=N–C) groups is 1. The van der Waals surface area contributed by atoms with Crippen molar-refractivity contribution in [3.05, 3.63) is 46.5 Å². The van der Waals surface area contributed by atoms with Crippen molar-refractivity contribution in [3.8, 4) is 0 Å². The molecule has 2 atom stereocenters. The Hall–Kier alpha value is -1.83. The highest BCUT2D eigenvalue weighted by atomic mass is 32.1. The van der Waals surface area contributed by atoms with Gasteiger partial charge >= 0.3 is 0 Å². The third-order valence-electron chi connectivity index (χ3n) is 4.07. The van der Waals surface area contributed by atoms with Gasteiger partial charge in [-0.2, -0.15) is 0 Å². The third kappa shape index (κ3) is 6.48. The molecular weight excluding hydrogens is 350 g/mol. The lowest BCUT2D eigenvalue weighted by Gasteiger charge is -2.20. The summed E-state index contributed by atoms with van der Waals surface area (Å²) in [5.41, 5.74) is 0. The molecule has 1 aliphatic rings. The number of nitrogens with zero attached hydrogens (tertiary/aromatic N) is 1. The Morgan fingerprint density at radius 3 is 3.12 bits per heavy atom. The largest absolute Gasteiger partial charge is 0.469 e. The van der Waals surface area contributed by atoms with Gasteiger partial charge in [0, 0.05) is 30.5 Å². The Labute approximate surface area is 158 Å². The van der Waals surface area contributed by atoms with E-state index in [0.29, 0.717) is 19.8 Å². The van der Waals surface area contributed by atoms with Gasteiger partial charge in [-0.25, -0.2) is 4.99 Å². The molecule has 0 amide bonds. The highest BCUT2D eigenvalue weighted by Gasteiger charge is 2.17. The van der Waals surface area contributed by atoms with Crippen LogP contribution >= 0.6 is 11.3 Å². The Morgan fingerprint density at radius 1 is 1.42 bits per heavy atom. The predicted octanol–water partition coefficient (Wildman–Crippen LogP) is 2.81. The van der Waals surface area contributed by atoms with Gasteiger partial charge in [-0.1, -0.05) is 6.07 Å². The number of rotatable bonds is 9. The van der Waals surface area contributed by atoms with Crippen LogP contribution in [0.25, 0.3) is 0 Å². The van der Waals surface area contributed by atoms with E-state index in [2.05, 4.69) is 29.0 Å². The highest BCUT2D eigenvalue weighted by Crippen LogP contribution is 2.10. The number of furan rings is 1. The van der Waals surface area contributed by atoms with Crippen LogP contribution in [0.2, 0.25) is 0 Å². The summed E-state index contributed by atoms with van der Waals surface area (Å²) in [7, 11) is 0. The van der Waals surface area contributed by atoms with Crippen LogP contribution < -0.4 is 10.6 Å². The maximum atomic E-state index is 5.90. The van der Waals surface area contributed by atoms with E-state index in [1.165, 1.54) is 4.88 Å². The lowest BCUT2D eigenvalue weighted by atomic mass is 10.3. The zero-order valence-corrected chi connectivity index (χ0v) is 16.0. The van der Waals surface area contributed by atoms with Gasteiger partial charge in [0.15, 0.2) is 5.96 Å². The first-order valence-corrected chi connectivity index (χ1v) is 9.96. The Bertz CT molecular complexity index is 637. The molecule has 0 spiro atoms. The number of nitrogens with one attached hydrogen (secondary N) is 2. The van der Waals surface area contributed by atoms with E-state index in [0.717, 1.165) is 37.7 Å². The van der Waals surface area contributed by atoms with Crippen molar-refractivity contribution in [2.45, 2.75) is 38.5 Å². The summed E-state index contributed by atoms with van der Waals surface area (Å²) in [5.74, 6) is 1.76. The highest BCUT2D eigenvalue weighted by molar-refractivity contribution is 7.09. The van der Waals surface area contributed by atoms with Gasteiger partial charge in [-0.3, -0.25) is 0 Å². The van der Waals surface area contributed by atoms with E-state index >= 15 is 0 Å². The summed E-state index contributed by atoms with van der Waals surface area (Å²) in [6.45, 7) is 5.66. The van der Waals surface area contributed by atoms with Crippen molar-refractivity contribution in [2.75, 3.05) is 26.4 Å². The molecule has 2 aromatic heterocycles. The molecular formula is C19H27N3O3S. The van der Waals surface area contributed by atoms with E-state index in [1.807, 2.05) is 18.2 Å². The second kappa shape index (κ2) is 10.4. The van der Waals surface area contributed by atoms with Crippen molar-refractivity contribution in [2.24, 2.45) is 4.99 Å². The molecule has 0 saturated carbocycles. The van der Waals surface area contributed by atoms with Gasteiger partial charge < -0.3 is 24.5 Å². The van der Waals surface area contributed by atoms with Crippen molar-refractivity contribution in [1.82, 2.24) is 10.6 Å². The third-order valence-corrected chi connectivity index (χ3v) is 4.93. The number of thiophene rings is 1. The fourth-order valence-corrected chi connectivity index (χ4v) is 3.30. The minimum atomic E-state index is 0.161. The van der Waals surface area contributed by atoms with Crippen LogP contribution in [0.4, 0.5) is 0 Å². The first-order valence-electron chi connectivity index (χ1n) is 9.08. The van der Waals surface area contributed by atoms with Gasteiger partial charge in [0.05, 0.1) is 32.1 Å². The molecule has 1 saturated heterocycles. The zero-order valence-electron chi connectivity index (χ0n) is 15.1. The first-order chi connectivity index (χ1) is 12.8. The summed E-state index contributed by atoms with van der Waals surface area (Å²) in [6.07, 6.45) is 3.72. The average molecular weight is 378 g/mol. The Balaban J connectivity index is 1.48. The fourth-order valence-electron chi connectivity index (χ4n) is 2.67. The molecule has 6 nitrogen and oxygen atoms in total. The van der Waals surface area contributed by atoms with Crippen molar-refractivity contribution in [1.29, 1.82) is 0 Å². The van der Waals surface area contributed by atoms with Crippen LogP contribution in [0.5, 0.6) is 0 Å². The molecule has 0 aromatic carbocycles. The molecule has 1 fully saturated rings. The zero-order chi connectivity index (χ0) is 18.0. The standard InChI is InChI=1S/C19H27N3O3S/c1-15(13-25-17-7-10-23-14-17)22-19(21-12-18-5-3-11-26-18)20-8-6-16-4-2-9-24-16/h2-5,9,11,15,17H,6-8,10,12-14H2,1H3,(H2,20,21,22). The SMILES string of the molecule is CC(COC1CCOC1)NC(=NCc1cccs1)NCCc1ccco1. The Morgan fingerprint density at radius 2 is 2.38 bits per heavy atom. The van der Waals surface area contributed by atoms with Crippen LogP contribution in [0.1, 0.15) is 24.0 Å². The maximum Gasteiger partial charge on any atom is 0.191 e. The van der Waals surface area contributed by atoms with Gasteiger partial charge in [0.2, 0.25) is 0 Å². The minimum Gasteiger partial charge on any atom is -0.469 e. The molecule has 142 valence electrons. The lowest BCUT2D eigenvalue weighted by Crippen LogP contribution is -2.45. The van der Waals surface area contributed by atoms with E-state index < -0.39 is 0 Å². The van der Waals surface area contributed by atoms with Gasteiger partial charge in [0.1, 0.15) is 5.76 Å². The molecule has 1 aliphatic heterocycles. The summed E-state index contributed by atoms with van der Waals surface area (Å²) in [4.78, 5) is 5.94. The average Bonchev–Trinajstić information content (AvgIpc) is 3.41. The molecule has 0 bridgehead atoms. The molecule has 3 rings (SSSR count). The molecule has 0 aliphatic carbocycles. The second-order valence-electron chi connectivity index (χ2n) is 6.36. The predicted molar refractivity (Wildman–Crippen MR) is 104 cm³/mol. The van der Waals surface area contributed by atoms with Gasteiger partial charge in [0.25, 0.3) is 0 Å². The normalized spacial score (nSPS) is 18.8. The van der Waals surface area contributed by atoms with Crippen LogP contribution in [-0.2, 0) is 22.4 Å². The van der Waals surface area contributed by atoms with Crippen LogP contribution in [0.15, 0.2) is 45.3 Å². The van der Waals surface area contributed by atoms with E-state index in [9.17, 15) is 0 Å². The molecule has 2 N–H and O–H groups in total. The number of hydrogen-bond acceptors (Lipinski definition) is 5. The quantitative estimate of drug-likeness (QED) is 0.520. The van der Waals surface area contributed by atoms with Crippen LogP contribution in [-0.4, -0.2) is 44.5 Å². The molecule has 3 heterocycles. The number of ether oxygens (including phenoxy) is 2. The summed E-state index contributed by atoms with van der Waals surface area (Å²) < 4.78 is 16.6. The summed E-state index contributed by atoms with van der Waals surface area (Å²) in [6, 6.07) is 8.20. The molecule has 2 unspecified atom stereocenters. The van der Waals surface area contributed by atoms with Crippen LogP contribution in [0, 0.1) is 0 Å². The fraction of sp³-hybridized carbons (Fsp3) is 0.526. The second-order valence-corrected chi connectivity index (χ2v) is 7.40. The van der Waals surface area contributed by atoms with Crippen molar-refractivity contribution in [3.63, 3.8) is 0 Å². The van der Waals surface area contributed by atoms with Gasteiger partial charge in [-0.05, 0) is 36.9 Å². The van der Waals surface area contributed by atoms with Crippen LogP contribution in [0.3, 0.4) is 0 Å². The number of guanidine groups is 1. The molecule has 7 heteroatoms. The summed E-state index contributed by atoms with van der Waals surface area (Å²) >= 11 is 1.72. The minimum absolute atomic E-state index is 0.161. The summed E-state index contributed by atoms with van der Waals surface area (Å²) in [5, 5.41) is 8.89.